The third-order valence-corrected chi connectivity index (χ3v) is 4.75. The molecule has 4 nitrogen and oxygen atoms in total. The normalized spacial score (nSPS) is 18.9. The molecule has 0 radical (unpaired) electrons. The molecule has 1 saturated carbocycles. The van der Waals surface area contributed by atoms with E-state index in [-0.39, 0.29) is 24.1 Å². The molecule has 1 aliphatic heterocycles. The maximum Gasteiger partial charge on any atom is 0.234 e. The molecule has 0 aromatic heterocycles. The van der Waals surface area contributed by atoms with Gasteiger partial charge in [-0.2, -0.15) is 0 Å². The maximum absolute atomic E-state index is 12.8. The Hall–Kier alpha value is -1.17. The van der Waals surface area contributed by atoms with Gasteiger partial charge in [-0.3, -0.25) is 9.69 Å². The summed E-state index contributed by atoms with van der Waals surface area (Å²) in [5.74, 6) is 0.710. The molecule has 2 fully saturated rings. The zero-order valence-electron chi connectivity index (χ0n) is 14.0. The summed E-state index contributed by atoms with van der Waals surface area (Å²) in [6.45, 7) is 4.04. The van der Waals surface area contributed by atoms with E-state index in [2.05, 4.69) is 15.5 Å². The van der Waals surface area contributed by atoms with Crippen LogP contribution in [0.2, 0.25) is 0 Å². The summed E-state index contributed by atoms with van der Waals surface area (Å²) in [5.41, 5.74) is 0.919. The van der Waals surface area contributed by atoms with Crippen LogP contribution in [0.25, 0.3) is 0 Å². The SMILES string of the molecule is Cl.O=C(CN1CCC(NCC2CC2)CC1)NCc1ccc(F)cc1. The van der Waals surface area contributed by atoms with E-state index in [4.69, 9.17) is 0 Å². The summed E-state index contributed by atoms with van der Waals surface area (Å²) in [7, 11) is 0. The van der Waals surface area contributed by atoms with Crippen LogP contribution in [0.1, 0.15) is 31.2 Å². The molecule has 134 valence electrons. The third kappa shape index (κ3) is 6.38. The first-order chi connectivity index (χ1) is 11.2. The van der Waals surface area contributed by atoms with Crippen molar-refractivity contribution in [2.45, 2.75) is 38.3 Å². The predicted octanol–water partition coefficient (Wildman–Crippen LogP) is 2.33. The molecule has 6 heteroatoms. The van der Waals surface area contributed by atoms with Gasteiger partial charge in [-0.25, -0.2) is 4.39 Å². The number of halogens is 2. The van der Waals surface area contributed by atoms with Crippen molar-refractivity contribution in [2.24, 2.45) is 5.92 Å². The number of nitrogens with zero attached hydrogens (tertiary/aromatic N) is 1. The molecule has 1 aromatic rings. The Labute approximate surface area is 149 Å². The number of hydrogen-bond acceptors (Lipinski definition) is 3. The van der Waals surface area contributed by atoms with Crippen LogP contribution in [0.3, 0.4) is 0 Å². The molecule has 24 heavy (non-hydrogen) atoms. The summed E-state index contributed by atoms with van der Waals surface area (Å²) in [5, 5.41) is 6.56. The van der Waals surface area contributed by atoms with Crippen LogP contribution in [-0.4, -0.2) is 43.0 Å². The van der Waals surface area contributed by atoms with Gasteiger partial charge in [0.05, 0.1) is 6.54 Å². The predicted molar refractivity (Wildman–Crippen MR) is 95.7 cm³/mol. The van der Waals surface area contributed by atoms with Gasteiger partial charge in [-0.15, -0.1) is 12.4 Å². The highest BCUT2D eigenvalue weighted by Crippen LogP contribution is 2.28. The van der Waals surface area contributed by atoms with Crippen molar-refractivity contribution in [3.8, 4) is 0 Å². The lowest BCUT2D eigenvalue weighted by atomic mass is 10.0. The molecule has 0 bridgehead atoms. The first kappa shape index (κ1) is 19.2. The van der Waals surface area contributed by atoms with Crippen LogP contribution in [0.5, 0.6) is 0 Å². The van der Waals surface area contributed by atoms with E-state index in [1.165, 1.54) is 31.5 Å². The van der Waals surface area contributed by atoms with Crippen molar-refractivity contribution in [1.29, 1.82) is 0 Å². The molecule has 1 amide bonds. The van der Waals surface area contributed by atoms with Crippen LogP contribution in [0.4, 0.5) is 4.39 Å². The first-order valence-electron chi connectivity index (χ1n) is 8.66. The Bertz CT molecular complexity index is 514. The largest absolute Gasteiger partial charge is 0.351 e. The van der Waals surface area contributed by atoms with Crippen molar-refractivity contribution in [3.05, 3.63) is 35.6 Å². The summed E-state index contributed by atoms with van der Waals surface area (Å²) in [4.78, 5) is 14.2. The van der Waals surface area contributed by atoms with Crippen molar-refractivity contribution < 1.29 is 9.18 Å². The number of carbonyl (C=O) groups is 1. The zero-order valence-corrected chi connectivity index (χ0v) is 14.8. The number of likely N-dealkylation sites (tertiary alicyclic amines) is 1. The molecule has 0 unspecified atom stereocenters. The lowest BCUT2D eigenvalue weighted by Crippen LogP contribution is -2.46. The number of amides is 1. The van der Waals surface area contributed by atoms with E-state index in [0.717, 1.165) is 37.4 Å². The lowest BCUT2D eigenvalue weighted by molar-refractivity contribution is -0.122. The molecule has 2 aliphatic rings. The second-order valence-corrected chi connectivity index (χ2v) is 6.81. The third-order valence-electron chi connectivity index (χ3n) is 4.75. The summed E-state index contributed by atoms with van der Waals surface area (Å²) in [6, 6.07) is 6.86. The molecule has 1 aromatic carbocycles. The molecule has 0 spiro atoms. The minimum absolute atomic E-state index is 0. The maximum atomic E-state index is 12.8. The fourth-order valence-electron chi connectivity index (χ4n) is 3.01. The van der Waals surface area contributed by atoms with Gasteiger partial charge >= 0.3 is 0 Å². The Kier molecular flexibility index (Phi) is 7.46. The van der Waals surface area contributed by atoms with Gasteiger partial charge < -0.3 is 10.6 Å². The fraction of sp³-hybridized carbons (Fsp3) is 0.611. The Morgan fingerprint density at radius 1 is 1.12 bits per heavy atom. The van der Waals surface area contributed by atoms with Gasteiger partial charge in [0, 0.05) is 25.7 Å². The fourth-order valence-corrected chi connectivity index (χ4v) is 3.01. The molecule has 1 aliphatic carbocycles. The summed E-state index contributed by atoms with van der Waals surface area (Å²) >= 11 is 0. The number of carbonyl (C=O) groups excluding carboxylic acids is 1. The van der Waals surface area contributed by atoms with Gasteiger partial charge in [0.1, 0.15) is 5.82 Å². The second-order valence-electron chi connectivity index (χ2n) is 6.81. The van der Waals surface area contributed by atoms with E-state index < -0.39 is 0 Å². The Morgan fingerprint density at radius 2 is 1.79 bits per heavy atom. The smallest absolute Gasteiger partial charge is 0.234 e. The van der Waals surface area contributed by atoms with Crippen LogP contribution in [-0.2, 0) is 11.3 Å². The minimum atomic E-state index is -0.252. The lowest BCUT2D eigenvalue weighted by Gasteiger charge is -2.32. The zero-order chi connectivity index (χ0) is 16.1. The average Bonchev–Trinajstić information content (AvgIpc) is 3.38. The van der Waals surface area contributed by atoms with E-state index in [1.54, 1.807) is 12.1 Å². The molecule has 1 heterocycles. The van der Waals surface area contributed by atoms with Crippen LogP contribution in [0, 0.1) is 11.7 Å². The van der Waals surface area contributed by atoms with Gasteiger partial charge in [0.2, 0.25) is 5.91 Å². The van der Waals surface area contributed by atoms with Gasteiger partial charge in [0.15, 0.2) is 0 Å². The summed E-state index contributed by atoms with van der Waals surface area (Å²) < 4.78 is 12.8. The first-order valence-corrected chi connectivity index (χ1v) is 8.66. The van der Waals surface area contributed by atoms with Crippen LogP contribution < -0.4 is 10.6 Å². The number of hydrogen-bond donors (Lipinski definition) is 2. The van der Waals surface area contributed by atoms with Crippen molar-refractivity contribution in [1.82, 2.24) is 15.5 Å². The van der Waals surface area contributed by atoms with E-state index in [1.807, 2.05) is 0 Å². The molecular formula is C18H27ClFN3O. The molecule has 1 saturated heterocycles. The number of benzene rings is 1. The second kappa shape index (κ2) is 9.35. The highest BCUT2D eigenvalue weighted by atomic mass is 35.5. The monoisotopic (exact) mass is 355 g/mol. The van der Waals surface area contributed by atoms with E-state index >= 15 is 0 Å². The highest BCUT2D eigenvalue weighted by Gasteiger charge is 2.24. The average molecular weight is 356 g/mol. The standard InChI is InChI=1S/C18H26FN3O.ClH/c19-16-5-3-15(4-6-16)12-21-18(23)13-22-9-7-17(8-10-22)20-11-14-1-2-14;/h3-6,14,17,20H,1-2,7-13H2,(H,21,23);1H. The van der Waals surface area contributed by atoms with Gasteiger partial charge in [-0.05, 0) is 55.8 Å². The quantitative estimate of drug-likeness (QED) is 0.789. The van der Waals surface area contributed by atoms with Crippen molar-refractivity contribution in [3.63, 3.8) is 0 Å². The number of rotatable bonds is 7. The Balaban J connectivity index is 0.00000208. The Morgan fingerprint density at radius 3 is 2.42 bits per heavy atom. The number of piperidine rings is 1. The van der Waals surface area contributed by atoms with Gasteiger partial charge in [0.25, 0.3) is 0 Å². The topological polar surface area (TPSA) is 44.4 Å². The van der Waals surface area contributed by atoms with Gasteiger partial charge in [-0.1, -0.05) is 12.1 Å². The van der Waals surface area contributed by atoms with Crippen LogP contribution in [0.15, 0.2) is 24.3 Å². The molecule has 0 atom stereocenters. The van der Waals surface area contributed by atoms with Crippen molar-refractivity contribution in [2.75, 3.05) is 26.2 Å². The molecular weight excluding hydrogens is 329 g/mol. The number of nitrogens with one attached hydrogen (secondary N) is 2. The van der Waals surface area contributed by atoms with Crippen molar-refractivity contribution >= 4 is 18.3 Å². The highest BCUT2D eigenvalue weighted by molar-refractivity contribution is 5.85. The summed E-state index contributed by atoms with van der Waals surface area (Å²) in [6.07, 6.45) is 5.02. The van der Waals surface area contributed by atoms with E-state index in [0.29, 0.717) is 19.1 Å². The minimum Gasteiger partial charge on any atom is -0.351 e. The molecule has 3 rings (SSSR count). The van der Waals surface area contributed by atoms with Crippen LogP contribution >= 0.6 is 12.4 Å². The molecule has 2 N–H and O–H groups in total. The van der Waals surface area contributed by atoms with E-state index in [9.17, 15) is 9.18 Å².